The molecule has 0 saturated heterocycles. The third-order valence-electron chi connectivity index (χ3n) is 1.43. The van der Waals surface area contributed by atoms with E-state index in [0.29, 0.717) is 5.75 Å². The Kier molecular flexibility index (Phi) is 3.20. The van der Waals surface area contributed by atoms with Gasteiger partial charge in [-0.3, -0.25) is 4.72 Å². The maximum Gasteiger partial charge on any atom is 0.296 e. The van der Waals surface area contributed by atoms with E-state index in [1.54, 1.807) is 6.07 Å². The largest absolute Gasteiger partial charge is 0.497 e. The van der Waals surface area contributed by atoms with Crippen molar-refractivity contribution in [3.05, 3.63) is 23.2 Å². The quantitative estimate of drug-likeness (QED) is 0.820. The number of ether oxygens (including phenoxy) is 1. The lowest BCUT2D eigenvalue weighted by molar-refractivity contribution is 0.415. The fourth-order valence-corrected chi connectivity index (χ4v) is 1.56. The fourth-order valence-electron chi connectivity index (χ4n) is 0.863. The van der Waals surface area contributed by atoms with E-state index in [4.69, 9.17) is 21.5 Å². The second-order valence-electron chi connectivity index (χ2n) is 2.49. The number of methoxy groups -OCH3 is 1. The van der Waals surface area contributed by atoms with Crippen LogP contribution in [0.15, 0.2) is 18.2 Å². The molecule has 1 aromatic rings. The molecule has 1 rings (SSSR count). The molecule has 5 nitrogen and oxygen atoms in total. The molecule has 0 radical (unpaired) electrons. The van der Waals surface area contributed by atoms with Crippen LogP contribution >= 0.6 is 11.6 Å². The average Bonchev–Trinajstić information content (AvgIpc) is 2.06. The summed E-state index contributed by atoms with van der Waals surface area (Å²) in [6.07, 6.45) is 0. The van der Waals surface area contributed by atoms with Gasteiger partial charge in [0, 0.05) is 6.07 Å². The summed E-state index contributed by atoms with van der Waals surface area (Å²) in [5.74, 6) is 0.487. The van der Waals surface area contributed by atoms with Gasteiger partial charge in [-0.2, -0.15) is 8.42 Å². The van der Waals surface area contributed by atoms with Gasteiger partial charge in [-0.1, -0.05) is 11.6 Å². The maximum absolute atomic E-state index is 10.7. The highest BCUT2D eigenvalue weighted by molar-refractivity contribution is 7.90. The molecule has 0 saturated carbocycles. The molecule has 7 heteroatoms. The minimum absolute atomic E-state index is 0.188. The summed E-state index contributed by atoms with van der Waals surface area (Å²) in [5.41, 5.74) is 0.188. The molecule has 0 spiro atoms. The smallest absolute Gasteiger partial charge is 0.296 e. The number of halogens is 1. The van der Waals surface area contributed by atoms with Crippen molar-refractivity contribution < 1.29 is 13.2 Å². The molecule has 0 bridgehead atoms. The van der Waals surface area contributed by atoms with Crippen molar-refractivity contribution in [1.29, 1.82) is 0 Å². The number of hydrogen-bond donors (Lipinski definition) is 2. The van der Waals surface area contributed by atoms with E-state index in [1.165, 1.54) is 19.2 Å². The van der Waals surface area contributed by atoms with Gasteiger partial charge in [-0.05, 0) is 12.1 Å². The SMILES string of the molecule is COc1ccc(Cl)c(NS(N)(=O)=O)c1. The van der Waals surface area contributed by atoms with Gasteiger partial charge < -0.3 is 4.74 Å². The normalized spacial score (nSPS) is 11.1. The third-order valence-corrected chi connectivity index (χ3v) is 2.26. The highest BCUT2D eigenvalue weighted by atomic mass is 35.5. The first kappa shape index (κ1) is 11.1. The Morgan fingerprint density at radius 3 is 2.64 bits per heavy atom. The Hall–Kier alpha value is -0.980. The molecular weight excluding hydrogens is 228 g/mol. The Morgan fingerprint density at radius 1 is 1.50 bits per heavy atom. The molecule has 14 heavy (non-hydrogen) atoms. The van der Waals surface area contributed by atoms with Gasteiger partial charge in [-0.15, -0.1) is 0 Å². The second-order valence-corrected chi connectivity index (χ2v) is 4.19. The summed E-state index contributed by atoms with van der Waals surface area (Å²) in [5, 5.41) is 5.04. The molecule has 3 N–H and O–H groups in total. The lowest BCUT2D eigenvalue weighted by atomic mass is 10.3. The molecule has 0 atom stereocenters. The lowest BCUT2D eigenvalue weighted by Crippen LogP contribution is -2.21. The molecule has 0 heterocycles. The summed E-state index contributed by atoms with van der Waals surface area (Å²) in [6, 6.07) is 4.55. The topological polar surface area (TPSA) is 81.4 Å². The maximum atomic E-state index is 10.7. The predicted octanol–water partition coefficient (Wildman–Crippen LogP) is 0.964. The van der Waals surface area contributed by atoms with E-state index in [-0.39, 0.29) is 10.7 Å². The summed E-state index contributed by atoms with van der Waals surface area (Å²) < 4.78 is 28.4. The predicted molar refractivity (Wildman–Crippen MR) is 54.7 cm³/mol. The molecule has 0 aliphatic rings. The molecule has 0 unspecified atom stereocenters. The van der Waals surface area contributed by atoms with Crippen molar-refractivity contribution in [3.8, 4) is 5.75 Å². The first-order chi connectivity index (χ1) is 6.42. The van der Waals surface area contributed by atoms with Crippen molar-refractivity contribution in [2.45, 2.75) is 0 Å². The Morgan fingerprint density at radius 2 is 2.14 bits per heavy atom. The summed E-state index contributed by atoms with van der Waals surface area (Å²) >= 11 is 5.72. The van der Waals surface area contributed by atoms with E-state index in [2.05, 4.69) is 4.72 Å². The third kappa shape index (κ3) is 3.06. The van der Waals surface area contributed by atoms with Crippen molar-refractivity contribution in [3.63, 3.8) is 0 Å². The van der Waals surface area contributed by atoms with Crippen molar-refractivity contribution in [2.75, 3.05) is 11.8 Å². The van der Waals surface area contributed by atoms with Crippen LogP contribution in [0.4, 0.5) is 5.69 Å². The van der Waals surface area contributed by atoms with Gasteiger partial charge in [-0.25, -0.2) is 5.14 Å². The number of anilines is 1. The Labute approximate surface area is 87.0 Å². The number of benzene rings is 1. The second kappa shape index (κ2) is 4.04. The molecule has 0 aliphatic carbocycles. The molecule has 0 fully saturated rings. The summed E-state index contributed by atoms with van der Waals surface area (Å²) in [7, 11) is -2.35. The summed E-state index contributed by atoms with van der Waals surface area (Å²) in [6.45, 7) is 0. The van der Waals surface area contributed by atoms with Crippen LogP contribution in [-0.4, -0.2) is 15.5 Å². The minimum atomic E-state index is -3.81. The van der Waals surface area contributed by atoms with Crippen LogP contribution < -0.4 is 14.6 Å². The number of rotatable bonds is 3. The van der Waals surface area contributed by atoms with Gasteiger partial charge >= 0.3 is 0 Å². The first-order valence-corrected chi connectivity index (χ1v) is 5.49. The zero-order valence-corrected chi connectivity index (χ0v) is 8.89. The van der Waals surface area contributed by atoms with Crippen LogP contribution in [0.2, 0.25) is 5.02 Å². The van der Waals surface area contributed by atoms with E-state index < -0.39 is 10.2 Å². The monoisotopic (exact) mass is 236 g/mol. The van der Waals surface area contributed by atoms with Crippen molar-refractivity contribution >= 4 is 27.5 Å². The highest BCUT2D eigenvalue weighted by Gasteiger charge is 2.07. The van der Waals surface area contributed by atoms with Gasteiger partial charge in [0.05, 0.1) is 17.8 Å². The average molecular weight is 237 g/mol. The summed E-state index contributed by atoms with van der Waals surface area (Å²) in [4.78, 5) is 0. The first-order valence-electron chi connectivity index (χ1n) is 3.56. The van der Waals surface area contributed by atoms with Crippen LogP contribution in [-0.2, 0) is 10.2 Å². The molecule has 1 aromatic carbocycles. The highest BCUT2D eigenvalue weighted by Crippen LogP contribution is 2.26. The van der Waals surface area contributed by atoms with Crippen molar-refractivity contribution in [2.24, 2.45) is 5.14 Å². The standard InChI is InChI=1S/C7H9ClN2O3S/c1-13-5-2-3-6(8)7(4-5)10-14(9,11)12/h2-4,10H,1H3,(H2,9,11,12). The lowest BCUT2D eigenvalue weighted by Gasteiger charge is -2.07. The Bertz CT molecular complexity index is 433. The van der Waals surface area contributed by atoms with E-state index in [0.717, 1.165) is 0 Å². The number of nitrogens with two attached hydrogens (primary N) is 1. The van der Waals surface area contributed by atoms with Crippen LogP contribution in [0.25, 0.3) is 0 Å². The number of nitrogens with one attached hydrogen (secondary N) is 1. The number of hydrogen-bond acceptors (Lipinski definition) is 3. The molecular formula is C7H9ClN2O3S. The Balaban J connectivity index is 3.07. The van der Waals surface area contributed by atoms with Gasteiger partial charge in [0.2, 0.25) is 0 Å². The molecule has 0 amide bonds. The van der Waals surface area contributed by atoms with Gasteiger partial charge in [0.1, 0.15) is 5.75 Å². The zero-order valence-electron chi connectivity index (χ0n) is 7.32. The van der Waals surface area contributed by atoms with Gasteiger partial charge in [0.25, 0.3) is 10.2 Å². The van der Waals surface area contributed by atoms with Gasteiger partial charge in [0.15, 0.2) is 0 Å². The van der Waals surface area contributed by atoms with Crippen molar-refractivity contribution in [1.82, 2.24) is 0 Å². The van der Waals surface area contributed by atoms with Crippen LogP contribution in [0.3, 0.4) is 0 Å². The molecule has 78 valence electrons. The van der Waals surface area contributed by atoms with Crippen LogP contribution in [0.1, 0.15) is 0 Å². The van der Waals surface area contributed by atoms with E-state index >= 15 is 0 Å². The van der Waals surface area contributed by atoms with E-state index in [9.17, 15) is 8.42 Å². The molecule has 0 aromatic heterocycles. The van der Waals surface area contributed by atoms with E-state index in [1.807, 2.05) is 0 Å². The minimum Gasteiger partial charge on any atom is -0.497 e. The zero-order chi connectivity index (χ0) is 10.8. The molecule has 0 aliphatic heterocycles. The van der Waals surface area contributed by atoms with Crippen LogP contribution in [0, 0.1) is 0 Å². The van der Waals surface area contributed by atoms with Crippen LogP contribution in [0.5, 0.6) is 5.75 Å². The fraction of sp³-hybridized carbons (Fsp3) is 0.143.